The molecule has 0 heterocycles. The van der Waals surface area contributed by atoms with Gasteiger partial charge in [-0.1, -0.05) is 50.5 Å². The van der Waals surface area contributed by atoms with Gasteiger partial charge in [0.25, 0.3) is 0 Å². The normalized spacial score (nSPS) is 22.3. The summed E-state index contributed by atoms with van der Waals surface area (Å²) in [4.78, 5) is 35.5. The van der Waals surface area contributed by atoms with Crippen LogP contribution in [-0.4, -0.2) is 42.9 Å². The van der Waals surface area contributed by atoms with Crippen molar-refractivity contribution in [3.05, 3.63) is 24.3 Å². The van der Waals surface area contributed by atoms with Crippen molar-refractivity contribution in [2.75, 3.05) is 19.1 Å². The molecule has 1 aliphatic carbocycles. The molecular formula is C25H40O5S. The Hall–Kier alpha value is -1.56. The fraction of sp³-hybridized carbons (Fsp3) is 0.720. The van der Waals surface area contributed by atoms with Crippen molar-refractivity contribution in [3.8, 4) is 0 Å². The molecule has 0 aromatic carbocycles. The number of esters is 2. The van der Waals surface area contributed by atoms with Crippen LogP contribution in [0.1, 0.15) is 71.6 Å². The van der Waals surface area contributed by atoms with E-state index in [9.17, 15) is 14.4 Å². The van der Waals surface area contributed by atoms with E-state index in [0.29, 0.717) is 43.3 Å². The van der Waals surface area contributed by atoms with Crippen LogP contribution in [0.3, 0.4) is 0 Å². The van der Waals surface area contributed by atoms with Gasteiger partial charge < -0.3 is 9.47 Å². The Morgan fingerprint density at radius 2 is 1.94 bits per heavy atom. The van der Waals surface area contributed by atoms with Crippen molar-refractivity contribution < 1.29 is 23.9 Å². The highest BCUT2D eigenvalue weighted by atomic mass is 32.2. The van der Waals surface area contributed by atoms with Crippen molar-refractivity contribution in [2.45, 2.75) is 77.7 Å². The summed E-state index contributed by atoms with van der Waals surface area (Å²) < 4.78 is 9.71. The van der Waals surface area contributed by atoms with Gasteiger partial charge in [0.1, 0.15) is 5.78 Å². The second-order valence-corrected chi connectivity index (χ2v) is 9.16. The zero-order chi connectivity index (χ0) is 23.1. The lowest BCUT2D eigenvalue weighted by atomic mass is 9.87. The molecule has 1 fully saturated rings. The van der Waals surface area contributed by atoms with Gasteiger partial charge in [0.05, 0.1) is 7.11 Å². The minimum atomic E-state index is -0.880. The van der Waals surface area contributed by atoms with E-state index in [4.69, 9.17) is 4.74 Å². The van der Waals surface area contributed by atoms with Crippen LogP contribution < -0.4 is 0 Å². The number of ketones is 1. The third kappa shape index (κ3) is 10.5. The number of hydrogen-bond acceptors (Lipinski definition) is 6. The maximum Gasteiger partial charge on any atom is 0.347 e. The van der Waals surface area contributed by atoms with Crippen molar-refractivity contribution in [3.63, 3.8) is 0 Å². The third-order valence-corrected chi connectivity index (χ3v) is 6.54. The molecule has 0 aromatic heterocycles. The number of Topliss-reactive ketones (excluding diaryl/α,β-unsaturated/α-hetero) is 1. The summed E-state index contributed by atoms with van der Waals surface area (Å²) in [6.07, 6.45) is 18.2. The molecule has 31 heavy (non-hydrogen) atoms. The van der Waals surface area contributed by atoms with Gasteiger partial charge in [0, 0.05) is 19.3 Å². The number of hydrogen-bond donors (Lipinski definition) is 0. The molecule has 1 rings (SSSR count). The van der Waals surface area contributed by atoms with Gasteiger partial charge in [-0.2, -0.15) is 11.8 Å². The van der Waals surface area contributed by atoms with E-state index >= 15 is 0 Å². The van der Waals surface area contributed by atoms with E-state index in [2.05, 4.69) is 30.1 Å². The third-order valence-electron chi connectivity index (χ3n) is 5.77. The van der Waals surface area contributed by atoms with Crippen molar-refractivity contribution >= 4 is 29.5 Å². The summed E-state index contributed by atoms with van der Waals surface area (Å²) in [6, 6.07) is 0. The molecule has 0 amide bonds. The predicted molar refractivity (Wildman–Crippen MR) is 127 cm³/mol. The Balaban J connectivity index is 2.61. The SMILES string of the molecule is CCCCCC/C=C/[C@H]1[C@H](CSC)CC(=O)[C@@H]1C/C=C\CCC(OC(C)=O)C(=O)OC. The molecule has 0 aromatic rings. The smallest absolute Gasteiger partial charge is 0.347 e. The lowest BCUT2D eigenvalue weighted by molar-refractivity contribution is -0.165. The van der Waals surface area contributed by atoms with Gasteiger partial charge in [0.15, 0.2) is 6.10 Å². The first-order valence-corrected chi connectivity index (χ1v) is 12.9. The summed E-state index contributed by atoms with van der Waals surface area (Å²) in [5.41, 5.74) is 0. The number of thioether (sulfide) groups is 1. The predicted octanol–water partition coefficient (Wildman–Crippen LogP) is 5.53. The summed E-state index contributed by atoms with van der Waals surface area (Å²) in [6.45, 7) is 3.50. The molecule has 1 saturated carbocycles. The lowest BCUT2D eigenvalue weighted by Gasteiger charge is -2.19. The van der Waals surface area contributed by atoms with Gasteiger partial charge >= 0.3 is 11.9 Å². The first kappa shape index (κ1) is 27.5. The van der Waals surface area contributed by atoms with Crippen LogP contribution in [0.2, 0.25) is 0 Å². The topological polar surface area (TPSA) is 69.7 Å². The van der Waals surface area contributed by atoms with Crippen molar-refractivity contribution in [1.82, 2.24) is 0 Å². The quantitative estimate of drug-likeness (QED) is 0.185. The van der Waals surface area contributed by atoms with E-state index in [-0.39, 0.29) is 5.92 Å². The highest BCUT2D eigenvalue weighted by Gasteiger charge is 2.39. The molecule has 0 N–H and O–H groups in total. The van der Waals surface area contributed by atoms with Gasteiger partial charge in [0.2, 0.25) is 0 Å². The molecule has 0 spiro atoms. The average Bonchev–Trinajstić information content (AvgIpc) is 3.03. The molecule has 1 aliphatic rings. The second kappa shape index (κ2) is 16.1. The van der Waals surface area contributed by atoms with Gasteiger partial charge in [-0.25, -0.2) is 4.79 Å². The Morgan fingerprint density at radius 3 is 2.58 bits per heavy atom. The molecule has 176 valence electrons. The maximum atomic E-state index is 12.7. The molecule has 0 radical (unpaired) electrons. The standard InChI is InChI=1S/C25H40O5S/c1-5-6-7-8-9-11-14-21-20(18-31-4)17-23(27)22(21)15-12-10-13-16-24(25(28)29-3)30-19(2)26/h10-12,14,20-22,24H,5-9,13,15-18H2,1-4H3/b12-10-,14-11+/t20-,21-,22+,24?/m0/s1. The summed E-state index contributed by atoms with van der Waals surface area (Å²) in [7, 11) is 1.28. The highest BCUT2D eigenvalue weighted by Crippen LogP contribution is 2.39. The van der Waals surface area contributed by atoms with E-state index < -0.39 is 18.0 Å². The van der Waals surface area contributed by atoms with Crippen molar-refractivity contribution in [2.24, 2.45) is 17.8 Å². The zero-order valence-corrected chi connectivity index (χ0v) is 20.5. The van der Waals surface area contributed by atoms with E-state index in [1.807, 2.05) is 23.9 Å². The molecule has 0 bridgehead atoms. The van der Waals surface area contributed by atoms with Crippen LogP contribution >= 0.6 is 11.8 Å². The fourth-order valence-corrected chi connectivity index (χ4v) is 4.93. The van der Waals surface area contributed by atoms with Crippen LogP contribution in [0.4, 0.5) is 0 Å². The fourth-order valence-electron chi connectivity index (χ4n) is 4.16. The summed E-state index contributed by atoms with van der Waals surface area (Å²) in [5.74, 6) is 1.08. The average molecular weight is 453 g/mol. The number of carbonyl (C=O) groups excluding carboxylic acids is 3. The highest BCUT2D eigenvalue weighted by molar-refractivity contribution is 7.98. The van der Waals surface area contributed by atoms with Crippen LogP contribution in [0, 0.1) is 17.8 Å². The zero-order valence-electron chi connectivity index (χ0n) is 19.6. The van der Waals surface area contributed by atoms with E-state index in [0.717, 1.165) is 12.2 Å². The summed E-state index contributed by atoms with van der Waals surface area (Å²) >= 11 is 1.81. The molecule has 1 unspecified atom stereocenters. The first-order chi connectivity index (χ1) is 14.9. The number of allylic oxidation sites excluding steroid dienone is 4. The Labute approximate surface area is 192 Å². The largest absolute Gasteiger partial charge is 0.466 e. The minimum absolute atomic E-state index is 0.0326. The monoisotopic (exact) mass is 452 g/mol. The van der Waals surface area contributed by atoms with Crippen LogP contribution in [0.15, 0.2) is 24.3 Å². The van der Waals surface area contributed by atoms with E-state index in [1.54, 1.807) is 0 Å². The minimum Gasteiger partial charge on any atom is -0.466 e. The Bertz CT molecular complexity index is 613. The number of methoxy groups -OCH3 is 1. The number of rotatable bonds is 15. The second-order valence-electron chi connectivity index (χ2n) is 8.25. The molecular weight excluding hydrogens is 412 g/mol. The number of carbonyl (C=O) groups is 3. The Kier molecular flexibility index (Phi) is 14.3. The maximum absolute atomic E-state index is 12.7. The number of ether oxygens (including phenoxy) is 2. The van der Waals surface area contributed by atoms with Gasteiger partial charge in [-0.05, 0) is 55.9 Å². The van der Waals surface area contributed by atoms with E-state index in [1.165, 1.54) is 39.7 Å². The van der Waals surface area contributed by atoms with Crippen LogP contribution in [0.25, 0.3) is 0 Å². The first-order valence-electron chi connectivity index (χ1n) is 11.5. The number of unbranched alkanes of at least 4 members (excludes halogenated alkanes) is 4. The van der Waals surface area contributed by atoms with Gasteiger partial charge in [-0.3, -0.25) is 9.59 Å². The van der Waals surface area contributed by atoms with Gasteiger partial charge in [-0.15, -0.1) is 0 Å². The molecule has 6 heteroatoms. The van der Waals surface area contributed by atoms with Crippen LogP contribution in [0.5, 0.6) is 0 Å². The molecule has 5 nitrogen and oxygen atoms in total. The van der Waals surface area contributed by atoms with Crippen molar-refractivity contribution in [1.29, 1.82) is 0 Å². The molecule has 0 aliphatic heterocycles. The summed E-state index contributed by atoms with van der Waals surface area (Å²) in [5, 5.41) is 0. The molecule has 0 saturated heterocycles. The molecule has 4 atom stereocenters. The van der Waals surface area contributed by atoms with Crippen LogP contribution in [-0.2, 0) is 23.9 Å². The lowest BCUT2D eigenvalue weighted by Crippen LogP contribution is -2.27. The Morgan fingerprint density at radius 1 is 1.16 bits per heavy atom.